The van der Waals surface area contributed by atoms with Gasteiger partial charge in [0.1, 0.15) is 0 Å². The Kier molecular flexibility index (Phi) is 4.87. The van der Waals surface area contributed by atoms with Gasteiger partial charge in [-0.1, -0.05) is 24.3 Å². The SMILES string of the molecule is CN=C(NCCc1c(C)[nH]c2ccccc12)NCc1ccc2c(c1)OCO2. The van der Waals surface area contributed by atoms with E-state index in [1.165, 1.54) is 22.2 Å². The van der Waals surface area contributed by atoms with Gasteiger partial charge >= 0.3 is 0 Å². The predicted molar refractivity (Wildman–Crippen MR) is 108 cm³/mol. The van der Waals surface area contributed by atoms with Crippen LogP contribution in [0.1, 0.15) is 16.8 Å². The zero-order valence-electron chi connectivity index (χ0n) is 15.6. The molecule has 6 heteroatoms. The minimum atomic E-state index is 0.294. The summed E-state index contributed by atoms with van der Waals surface area (Å²) < 4.78 is 10.8. The van der Waals surface area contributed by atoms with E-state index in [1.807, 2.05) is 18.2 Å². The van der Waals surface area contributed by atoms with E-state index in [-0.39, 0.29) is 0 Å². The van der Waals surface area contributed by atoms with Gasteiger partial charge in [0.2, 0.25) is 6.79 Å². The van der Waals surface area contributed by atoms with Crippen molar-refractivity contribution in [2.24, 2.45) is 4.99 Å². The van der Waals surface area contributed by atoms with Crippen LogP contribution in [0.25, 0.3) is 10.9 Å². The van der Waals surface area contributed by atoms with Crippen molar-refractivity contribution in [1.29, 1.82) is 0 Å². The van der Waals surface area contributed by atoms with Gasteiger partial charge in [0, 0.05) is 36.7 Å². The number of nitrogens with one attached hydrogen (secondary N) is 3. The predicted octanol–water partition coefficient (Wildman–Crippen LogP) is 3.11. The number of guanidine groups is 1. The molecular formula is C21H24N4O2. The molecule has 0 unspecified atom stereocenters. The van der Waals surface area contributed by atoms with Crippen LogP contribution in [0.2, 0.25) is 0 Å². The number of aromatic amines is 1. The molecule has 0 radical (unpaired) electrons. The van der Waals surface area contributed by atoms with Gasteiger partial charge in [0.15, 0.2) is 17.5 Å². The molecule has 6 nitrogen and oxygen atoms in total. The number of nitrogens with zero attached hydrogens (tertiary/aromatic N) is 1. The Hall–Kier alpha value is -3.15. The lowest BCUT2D eigenvalue weighted by atomic mass is 10.1. The van der Waals surface area contributed by atoms with Gasteiger partial charge in [-0.15, -0.1) is 0 Å². The molecule has 1 aliphatic rings. The average molecular weight is 364 g/mol. The summed E-state index contributed by atoms with van der Waals surface area (Å²) in [5.74, 6) is 2.38. The van der Waals surface area contributed by atoms with Crippen LogP contribution in [0.15, 0.2) is 47.5 Å². The van der Waals surface area contributed by atoms with Crippen molar-refractivity contribution < 1.29 is 9.47 Å². The fourth-order valence-corrected chi connectivity index (χ4v) is 3.42. The molecule has 0 amide bonds. The van der Waals surface area contributed by atoms with Gasteiger partial charge in [-0.25, -0.2) is 0 Å². The molecule has 0 spiro atoms. The number of benzene rings is 2. The fourth-order valence-electron chi connectivity index (χ4n) is 3.42. The number of rotatable bonds is 5. The first-order valence-electron chi connectivity index (χ1n) is 9.14. The molecule has 2 aromatic carbocycles. The third-order valence-electron chi connectivity index (χ3n) is 4.82. The number of fused-ring (bicyclic) bond motifs is 2. The number of hydrogen-bond acceptors (Lipinski definition) is 3. The van der Waals surface area contributed by atoms with Crippen LogP contribution in [0, 0.1) is 6.92 Å². The minimum absolute atomic E-state index is 0.294. The Morgan fingerprint density at radius 3 is 2.85 bits per heavy atom. The van der Waals surface area contributed by atoms with E-state index in [1.54, 1.807) is 7.05 Å². The normalized spacial score (nSPS) is 13.2. The summed E-state index contributed by atoms with van der Waals surface area (Å²) in [5.41, 5.74) is 4.88. The van der Waals surface area contributed by atoms with Crippen LogP contribution in [-0.2, 0) is 13.0 Å². The Labute approximate surface area is 158 Å². The number of aromatic nitrogens is 1. The van der Waals surface area contributed by atoms with Crippen LogP contribution < -0.4 is 20.1 Å². The van der Waals surface area contributed by atoms with Gasteiger partial charge in [0.25, 0.3) is 0 Å². The Balaban J connectivity index is 1.32. The molecule has 3 N–H and O–H groups in total. The summed E-state index contributed by atoms with van der Waals surface area (Å²) in [6, 6.07) is 14.4. The molecule has 27 heavy (non-hydrogen) atoms. The number of aryl methyl sites for hydroxylation is 1. The summed E-state index contributed by atoms with van der Waals surface area (Å²) >= 11 is 0. The number of H-pyrrole nitrogens is 1. The molecule has 0 atom stereocenters. The number of ether oxygens (including phenoxy) is 2. The third kappa shape index (κ3) is 3.69. The topological polar surface area (TPSA) is 70.7 Å². The number of aliphatic imine (C=N–C) groups is 1. The zero-order chi connectivity index (χ0) is 18.6. The quantitative estimate of drug-likeness (QED) is 0.481. The van der Waals surface area contributed by atoms with Crippen LogP contribution in [-0.4, -0.2) is 31.3 Å². The first-order chi connectivity index (χ1) is 13.2. The van der Waals surface area contributed by atoms with E-state index in [0.29, 0.717) is 13.3 Å². The van der Waals surface area contributed by atoms with Crippen molar-refractivity contribution in [3.63, 3.8) is 0 Å². The second-order valence-electron chi connectivity index (χ2n) is 6.56. The van der Waals surface area contributed by atoms with E-state index < -0.39 is 0 Å². The monoisotopic (exact) mass is 364 g/mol. The van der Waals surface area contributed by atoms with E-state index in [0.717, 1.165) is 36.0 Å². The number of para-hydroxylation sites is 1. The van der Waals surface area contributed by atoms with Crippen molar-refractivity contribution in [1.82, 2.24) is 15.6 Å². The van der Waals surface area contributed by atoms with Crippen molar-refractivity contribution in [3.05, 3.63) is 59.3 Å². The standard InChI is InChI=1S/C21H24N4O2/c1-14-16(17-5-3-4-6-18(17)25-14)9-10-23-21(22-2)24-12-15-7-8-19-20(11-15)27-13-26-19/h3-8,11,25H,9-10,12-13H2,1-2H3,(H2,22,23,24). The van der Waals surface area contributed by atoms with Gasteiger partial charge in [-0.3, -0.25) is 4.99 Å². The third-order valence-corrected chi connectivity index (χ3v) is 4.82. The van der Waals surface area contributed by atoms with Crippen LogP contribution >= 0.6 is 0 Å². The molecule has 0 saturated heterocycles. The largest absolute Gasteiger partial charge is 0.454 e. The van der Waals surface area contributed by atoms with Crippen molar-refractivity contribution in [2.45, 2.75) is 19.9 Å². The highest BCUT2D eigenvalue weighted by atomic mass is 16.7. The lowest BCUT2D eigenvalue weighted by molar-refractivity contribution is 0.174. The summed E-state index contributed by atoms with van der Waals surface area (Å²) in [6.07, 6.45) is 0.931. The molecule has 4 rings (SSSR count). The summed E-state index contributed by atoms with van der Waals surface area (Å²) in [4.78, 5) is 7.76. The second kappa shape index (κ2) is 7.61. The van der Waals surface area contributed by atoms with Crippen molar-refractivity contribution >= 4 is 16.9 Å². The maximum absolute atomic E-state index is 5.43. The highest BCUT2D eigenvalue weighted by molar-refractivity contribution is 5.84. The van der Waals surface area contributed by atoms with E-state index in [2.05, 4.69) is 51.8 Å². The summed E-state index contributed by atoms with van der Waals surface area (Å²) in [5, 5.41) is 8.03. The van der Waals surface area contributed by atoms with Gasteiger partial charge < -0.3 is 25.1 Å². The van der Waals surface area contributed by atoms with Crippen LogP contribution in [0.5, 0.6) is 11.5 Å². The molecule has 1 aliphatic heterocycles. The molecule has 3 aromatic rings. The Morgan fingerprint density at radius 1 is 1.11 bits per heavy atom. The van der Waals surface area contributed by atoms with Gasteiger partial charge in [0.05, 0.1) is 0 Å². The average Bonchev–Trinajstić information content (AvgIpc) is 3.28. The zero-order valence-corrected chi connectivity index (χ0v) is 15.6. The van der Waals surface area contributed by atoms with Gasteiger partial charge in [-0.2, -0.15) is 0 Å². The second-order valence-corrected chi connectivity index (χ2v) is 6.56. The molecule has 0 fully saturated rings. The molecule has 0 bridgehead atoms. The first-order valence-corrected chi connectivity index (χ1v) is 9.14. The number of hydrogen-bond donors (Lipinski definition) is 3. The molecule has 140 valence electrons. The molecular weight excluding hydrogens is 340 g/mol. The van der Waals surface area contributed by atoms with E-state index in [4.69, 9.17) is 9.47 Å². The van der Waals surface area contributed by atoms with E-state index in [9.17, 15) is 0 Å². The highest BCUT2D eigenvalue weighted by Crippen LogP contribution is 2.32. The molecule has 0 aliphatic carbocycles. The van der Waals surface area contributed by atoms with E-state index >= 15 is 0 Å². The molecule has 1 aromatic heterocycles. The lowest BCUT2D eigenvalue weighted by Crippen LogP contribution is -2.37. The maximum Gasteiger partial charge on any atom is 0.231 e. The molecule has 2 heterocycles. The highest BCUT2D eigenvalue weighted by Gasteiger charge is 2.13. The Morgan fingerprint density at radius 2 is 1.96 bits per heavy atom. The molecule has 0 saturated carbocycles. The maximum atomic E-state index is 5.43. The first kappa shape index (κ1) is 17.3. The minimum Gasteiger partial charge on any atom is -0.454 e. The smallest absolute Gasteiger partial charge is 0.231 e. The van der Waals surface area contributed by atoms with Crippen LogP contribution in [0.4, 0.5) is 0 Å². The summed E-state index contributed by atoms with van der Waals surface area (Å²) in [7, 11) is 1.78. The van der Waals surface area contributed by atoms with Gasteiger partial charge in [-0.05, 0) is 42.7 Å². The Bertz CT molecular complexity index is 977. The van der Waals surface area contributed by atoms with Crippen LogP contribution in [0.3, 0.4) is 0 Å². The summed E-state index contributed by atoms with van der Waals surface area (Å²) in [6.45, 7) is 3.90. The fraction of sp³-hybridized carbons (Fsp3) is 0.286. The lowest BCUT2D eigenvalue weighted by Gasteiger charge is -2.12. The van der Waals surface area contributed by atoms with Crippen molar-refractivity contribution in [3.8, 4) is 11.5 Å². The van der Waals surface area contributed by atoms with Crippen molar-refractivity contribution in [2.75, 3.05) is 20.4 Å².